The third-order valence-electron chi connectivity index (χ3n) is 4.70. The minimum Gasteiger partial charge on any atom is -0.455 e. The Morgan fingerprint density at radius 3 is 2.31 bits per heavy atom. The average Bonchev–Trinajstić information content (AvgIpc) is 3.30. The van der Waals surface area contributed by atoms with Gasteiger partial charge in [-0.2, -0.15) is 0 Å². The molecule has 1 aliphatic heterocycles. The minimum atomic E-state index is -0.398. The van der Waals surface area contributed by atoms with E-state index in [2.05, 4.69) is 10.3 Å². The number of ether oxygens (including phenoxy) is 1. The largest absolute Gasteiger partial charge is 0.455 e. The van der Waals surface area contributed by atoms with E-state index in [-0.39, 0.29) is 17.3 Å². The first-order valence-corrected chi connectivity index (χ1v) is 9.60. The number of carbonyl (C=O) groups is 2. The molecule has 0 atom stereocenters. The number of para-hydroxylation sites is 3. The summed E-state index contributed by atoms with van der Waals surface area (Å²) in [5.74, 6) is 0.664. The van der Waals surface area contributed by atoms with Crippen LogP contribution in [0.15, 0.2) is 72.8 Å². The van der Waals surface area contributed by atoms with Crippen molar-refractivity contribution in [3.8, 4) is 11.5 Å². The van der Waals surface area contributed by atoms with Gasteiger partial charge in [0.15, 0.2) is 5.75 Å². The second-order valence-corrected chi connectivity index (χ2v) is 6.77. The third kappa shape index (κ3) is 4.43. The lowest BCUT2D eigenvalue weighted by molar-refractivity contribution is 0.0787. The van der Waals surface area contributed by atoms with Gasteiger partial charge < -0.3 is 15.0 Å². The summed E-state index contributed by atoms with van der Waals surface area (Å²) in [5, 5.41) is 2.83. The number of hydrogen-bond acceptors (Lipinski definition) is 4. The summed E-state index contributed by atoms with van der Waals surface area (Å²) in [4.78, 5) is 31.4. The van der Waals surface area contributed by atoms with Crippen molar-refractivity contribution in [3.05, 3.63) is 84.2 Å². The van der Waals surface area contributed by atoms with Gasteiger partial charge in [-0.25, -0.2) is 4.98 Å². The number of nitrogens with one attached hydrogen (secondary N) is 1. The Balaban J connectivity index is 1.51. The van der Waals surface area contributed by atoms with Gasteiger partial charge in [0.2, 0.25) is 0 Å². The van der Waals surface area contributed by atoms with Crippen LogP contribution in [0.25, 0.3) is 0 Å². The van der Waals surface area contributed by atoms with E-state index < -0.39 is 5.91 Å². The van der Waals surface area contributed by atoms with Crippen LogP contribution in [0, 0.1) is 0 Å². The second kappa shape index (κ2) is 8.56. The van der Waals surface area contributed by atoms with E-state index in [1.807, 2.05) is 42.5 Å². The molecule has 1 saturated heterocycles. The fourth-order valence-electron chi connectivity index (χ4n) is 3.22. The van der Waals surface area contributed by atoms with Crippen LogP contribution in [0.1, 0.15) is 33.8 Å². The maximum atomic E-state index is 12.8. The van der Waals surface area contributed by atoms with Gasteiger partial charge >= 0.3 is 0 Å². The van der Waals surface area contributed by atoms with Gasteiger partial charge in [0, 0.05) is 13.1 Å². The van der Waals surface area contributed by atoms with Crippen LogP contribution >= 0.6 is 0 Å². The summed E-state index contributed by atoms with van der Waals surface area (Å²) in [5.41, 5.74) is 0.998. The average molecular weight is 387 g/mol. The molecule has 1 fully saturated rings. The lowest BCUT2D eigenvalue weighted by atomic mass is 10.2. The zero-order valence-electron chi connectivity index (χ0n) is 15.9. The maximum Gasteiger partial charge on any atom is 0.274 e. The van der Waals surface area contributed by atoms with E-state index in [1.54, 1.807) is 35.2 Å². The van der Waals surface area contributed by atoms with Crippen molar-refractivity contribution >= 4 is 17.5 Å². The van der Waals surface area contributed by atoms with Gasteiger partial charge in [-0.3, -0.25) is 9.59 Å². The van der Waals surface area contributed by atoms with E-state index in [1.165, 1.54) is 0 Å². The standard InChI is InChI=1S/C23H21N3O3/c27-22(19-12-8-13-20(24-19)23(28)26-15-6-7-16-26)25-18-11-4-5-14-21(18)29-17-9-2-1-3-10-17/h1-5,8-14H,6-7,15-16H2,(H,25,27). The number of likely N-dealkylation sites (tertiary alicyclic amines) is 1. The molecule has 29 heavy (non-hydrogen) atoms. The first-order valence-electron chi connectivity index (χ1n) is 9.60. The van der Waals surface area contributed by atoms with Crippen LogP contribution < -0.4 is 10.1 Å². The number of pyridine rings is 1. The smallest absolute Gasteiger partial charge is 0.274 e. The van der Waals surface area contributed by atoms with E-state index >= 15 is 0 Å². The Morgan fingerprint density at radius 1 is 0.828 bits per heavy atom. The molecule has 2 heterocycles. The first-order chi connectivity index (χ1) is 14.2. The Kier molecular flexibility index (Phi) is 5.52. The highest BCUT2D eigenvalue weighted by atomic mass is 16.5. The van der Waals surface area contributed by atoms with Crippen molar-refractivity contribution in [2.24, 2.45) is 0 Å². The Morgan fingerprint density at radius 2 is 1.52 bits per heavy atom. The maximum absolute atomic E-state index is 12.8. The zero-order chi connectivity index (χ0) is 20.1. The SMILES string of the molecule is O=C(Nc1ccccc1Oc1ccccc1)c1cccc(C(=O)N2CCCC2)n1. The van der Waals surface area contributed by atoms with E-state index in [0.717, 1.165) is 25.9 Å². The molecule has 0 saturated carbocycles. The summed E-state index contributed by atoms with van der Waals surface area (Å²) in [6, 6.07) is 21.4. The molecule has 0 aliphatic carbocycles. The van der Waals surface area contributed by atoms with Crippen molar-refractivity contribution < 1.29 is 14.3 Å². The summed E-state index contributed by atoms with van der Waals surface area (Å²) in [7, 11) is 0. The fraction of sp³-hybridized carbons (Fsp3) is 0.174. The molecule has 1 aliphatic rings. The lowest BCUT2D eigenvalue weighted by Crippen LogP contribution is -2.29. The number of aromatic nitrogens is 1. The second-order valence-electron chi connectivity index (χ2n) is 6.77. The predicted octanol–water partition coefficient (Wildman–Crippen LogP) is 4.36. The summed E-state index contributed by atoms with van der Waals surface area (Å²) in [6.45, 7) is 1.47. The normalized spacial score (nSPS) is 13.2. The summed E-state index contributed by atoms with van der Waals surface area (Å²) in [6.07, 6.45) is 2.01. The highest BCUT2D eigenvalue weighted by Crippen LogP contribution is 2.29. The van der Waals surface area contributed by atoms with Crippen LogP contribution in [0.3, 0.4) is 0 Å². The Bertz CT molecular complexity index is 1010. The molecule has 146 valence electrons. The number of anilines is 1. The molecule has 1 aromatic heterocycles. The fourth-order valence-corrected chi connectivity index (χ4v) is 3.22. The predicted molar refractivity (Wildman–Crippen MR) is 110 cm³/mol. The number of benzene rings is 2. The van der Waals surface area contributed by atoms with Crippen LogP contribution in [0.4, 0.5) is 5.69 Å². The molecule has 0 radical (unpaired) electrons. The van der Waals surface area contributed by atoms with Crippen molar-refractivity contribution in [2.45, 2.75) is 12.8 Å². The number of nitrogens with zero attached hydrogens (tertiary/aromatic N) is 2. The third-order valence-corrected chi connectivity index (χ3v) is 4.70. The highest BCUT2D eigenvalue weighted by molar-refractivity contribution is 6.04. The zero-order valence-corrected chi connectivity index (χ0v) is 15.9. The van der Waals surface area contributed by atoms with Crippen LogP contribution in [-0.4, -0.2) is 34.8 Å². The number of amides is 2. The van der Waals surface area contributed by atoms with Crippen molar-refractivity contribution in [1.82, 2.24) is 9.88 Å². The van der Waals surface area contributed by atoms with Gasteiger partial charge in [-0.1, -0.05) is 36.4 Å². The molecule has 3 aromatic rings. The Hall–Kier alpha value is -3.67. The van der Waals surface area contributed by atoms with E-state index in [0.29, 0.717) is 17.2 Å². The van der Waals surface area contributed by atoms with Crippen molar-refractivity contribution in [1.29, 1.82) is 0 Å². The molecule has 0 bridgehead atoms. The van der Waals surface area contributed by atoms with Crippen molar-refractivity contribution in [3.63, 3.8) is 0 Å². The molecular formula is C23H21N3O3. The van der Waals surface area contributed by atoms with Gasteiger partial charge in [-0.05, 0) is 49.2 Å². The molecule has 6 nitrogen and oxygen atoms in total. The Labute approximate surface area is 169 Å². The van der Waals surface area contributed by atoms with Crippen molar-refractivity contribution in [2.75, 3.05) is 18.4 Å². The highest BCUT2D eigenvalue weighted by Gasteiger charge is 2.21. The monoisotopic (exact) mass is 387 g/mol. The molecule has 2 aromatic carbocycles. The first kappa shape index (κ1) is 18.7. The van der Waals surface area contributed by atoms with E-state index in [4.69, 9.17) is 4.74 Å². The molecule has 1 N–H and O–H groups in total. The summed E-state index contributed by atoms with van der Waals surface area (Å²) >= 11 is 0. The molecule has 4 rings (SSSR count). The molecular weight excluding hydrogens is 366 g/mol. The molecule has 6 heteroatoms. The number of rotatable bonds is 5. The number of carbonyl (C=O) groups excluding carboxylic acids is 2. The van der Waals surface area contributed by atoms with Gasteiger partial charge in [0.1, 0.15) is 17.1 Å². The van der Waals surface area contributed by atoms with Gasteiger partial charge in [0.25, 0.3) is 11.8 Å². The van der Waals surface area contributed by atoms with Crippen LogP contribution in [-0.2, 0) is 0 Å². The molecule has 2 amide bonds. The summed E-state index contributed by atoms with van der Waals surface area (Å²) < 4.78 is 5.88. The molecule has 0 unspecified atom stereocenters. The lowest BCUT2D eigenvalue weighted by Gasteiger charge is -2.15. The van der Waals surface area contributed by atoms with Crippen LogP contribution in [0.5, 0.6) is 11.5 Å². The van der Waals surface area contributed by atoms with Gasteiger partial charge in [-0.15, -0.1) is 0 Å². The van der Waals surface area contributed by atoms with Crippen LogP contribution in [0.2, 0.25) is 0 Å². The minimum absolute atomic E-state index is 0.134. The quantitative estimate of drug-likeness (QED) is 0.706. The molecule has 0 spiro atoms. The van der Waals surface area contributed by atoms with Gasteiger partial charge in [0.05, 0.1) is 5.69 Å². The number of hydrogen-bond donors (Lipinski definition) is 1. The topological polar surface area (TPSA) is 71.5 Å². The van der Waals surface area contributed by atoms with E-state index in [9.17, 15) is 9.59 Å².